The molecule has 2 saturated heterocycles. The summed E-state index contributed by atoms with van der Waals surface area (Å²) in [5.74, 6) is 0. The van der Waals surface area contributed by atoms with E-state index in [0.29, 0.717) is 6.29 Å². The number of rotatable bonds is 1. The molecule has 0 unspecified atom stereocenters. The van der Waals surface area contributed by atoms with Gasteiger partial charge in [0.15, 0.2) is 12.0 Å². The number of aldehydes is 1. The lowest BCUT2D eigenvalue weighted by atomic mass is 9.75. The van der Waals surface area contributed by atoms with Gasteiger partial charge in [0, 0.05) is 6.54 Å². The Bertz CT molecular complexity index is 375. The molecule has 0 bridgehead atoms. The molecule has 2 fully saturated rings. The van der Waals surface area contributed by atoms with Crippen molar-refractivity contribution in [1.29, 1.82) is 0 Å². The molecule has 0 aromatic rings. The maximum Gasteiger partial charge on any atom is 0.410 e. The van der Waals surface area contributed by atoms with Gasteiger partial charge in [-0.1, -0.05) is 0 Å². The molecule has 2 aliphatic heterocycles. The Kier molecular flexibility index (Phi) is 2.88. The standard InChI is InChI=1S/C12H18FNO4/c1-10(2,3)18-9(16)14-4-11(7-17-8-11)12(13,5-14)6-15/h6H,4-5,7-8H2,1-3H3/t12-/m0/s1. The third-order valence-corrected chi connectivity index (χ3v) is 3.39. The lowest BCUT2D eigenvalue weighted by Crippen LogP contribution is -2.57. The van der Waals surface area contributed by atoms with E-state index >= 15 is 0 Å². The molecule has 2 heterocycles. The second-order valence-corrected chi connectivity index (χ2v) is 6.09. The monoisotopic (exact) mass is 259 g/mol. The smallest absolute Gasteiger partial charge is 0.410 e. The van der Waals surface area contributed by atoms with Crippen LogP contribution >= 0.6 is 0 Å². The van der Waals surface area contributed by atoms with Gasteiger partial charge < -0.3 is 14.4 Å². The molecule has 18 heavy (non-hydrogen) atoms. The highest BCUT2D eigenvalue weighted by Gasteiger charge is 2.64. The van der Waals surface area contributed by atoms with Gasteiger partial charge in [-0.15, -0.1) is 0 Å². The van der Waals surface area contributed by atoms with Crippen LogP contribution in [-0.4, -0.2) is 54.9 Å². The van der Waals surface area contributed by atoms with Crippen molar-refractivity contribution >= 4 is 12.4 Å². The van der Waals surface area contributed by atoms with Crippen LogP contribution in [0.1, 0.15) is 20.8 Å². The van der Waals surface area contributed by atoms with Crippen LogP contribution in [0.5, 0.6) is 0 Å². The minimum absolute atomic E-state index is 0.164. The van der Waals surface area contributed by atoms with Crippen molar-refractivity contribution in [2.75, 3.05) is 26.3 Å². The van der Waals surface area contributed by atoms with Gasteiger partial charge in [0.25, 0.3) is 0 Å². The maximum absolute atomic E-state index is 14.5. The zero-order valence-electron chi connectivity index (χ0n) is 10.9. The molecule has 1 amide bonds. The van der Waals surface area contributed by atoms with Crippen molar-refractivity contribution in [3.8, 4) is 0 Å². The fraction of sp³-hybridized carbons (Fsp3) is 0.833. The first-order chi connectivity index (χ1) is 8.21. The number of halogens is 1. The van der Waals surface area contributed by atoms with Crippen molar-refractivity contribution in [3.63, 3.8) is 0 Å². The first-order valence-corrected chi connectivity index (χ1v) is 5.92. The zero-order valence-corrected chi connectivity index (χ0v) is 10.9. The average Bonchev–Trinajstić information content (AvgIpc) is 2.50. The number of likely N-dealkylation sites (tertiary alicyclic amines) is 1. The first kappa shape index (κ1) is 13.3. The van der Waals surface area contributed by atoms with Crippen LogP contribution in [0.4, 0.5) is 9.18 Å². The molecule has 0 radical (unpaired) electrons. The van der Waals surface area contributed by atoms with Crippen LogP contribution in [0, 0.1) is 5.41 Å². The van der Waals surface area contributed by atoms with E-state index in [9.17, 15) is 14.0 Å². The van der Waals surface area contributed by atoms with Crippen LogP contribution in [-0.2, 0) is 14.3 Å². The van der Waals surface area contributed by atoms with Crippen molar-refractivity contribution in [3.05, 3.63) is 0 Å². The van der Waals surface area contributed by atoms with E-state index in [1.165, 1.54) is 4.90 Å². The quantitative estimate of drug-likeness (QED) is 0.663. The lowest BCUT2D eigenvalue weighted by molar-refractivity contribution is -0.170. The Hall–Kier alpha value is -1.17. The SMILES string of the molecule is CC(C)(C)OC(=O)N1CC2(COC2)[C@@](F)(C=O)C1. The summed E-state index contributed by atoms with van der Waals surface area (Å²) < 4.78 is 24.7. The molecule has 0 aromatic carbocycles. The number of carbonyl (C=O) groups excluding carboxylic acids is 2. The molecule has 0 saturated carbocycles. The molecule has 0 aromatic heterocycles. The molecule has 2 aliphatic rings. The van der Waals surface area contributed by atoms with Crippen LogP contribution < -0.4 is 0 Å². The minimum Gasteiger partial charge on any atom is -0.444 e. The van der Waals surface area contributed by atoms with Gasteiger partial charge in [-0.25, -0.2) is 9.18 Å². The molecule has 5 nitrogen and oxygen atoms in total. The Morgan fingerprint density at radius 3 is 2.33 bits per heavy atom. The van der Waals surface area contributed by atoms with Crippen LogP contribution in [0.3, 0.4) is 0 Å². The minimum atomic E-state index is -2.03. The van der Waals surface area contributed by atoms with Gasteiger partial charge >= 0.3 is 6.09 Å². The van der Waals surface area contributed by atoms with Crippen LogP contribution in [0.2, 0.25) is 0 Å². The number of ether oxygens (including phenoxy) is 2. The summed E-state index contributed by atoms with van der Waals surface area (Å²) in [5, 5.41) is 0. The topological polar surface area (TPSA) is 55.8 Å². The molecular weight excluding hydrogens is 241 g/mol. The highest BCUT2D eigenvalue weighted by molar-refractivity contribution is 5.73. The Labute approximate surface area is 105 Å². The molecule has 2 rings (SSSR count). The van der Waals surface area contributed by atoms with Gasteiger partial charge in [-0.05, 0) is 20.8 Å². The third kappa shape index (κ3) is 1.98. The van der Waals surface area contributed by atoms with E-state index in [1.54, 1.807) is 20.8 Å². The van der Waals surface area contributed by atoms with Crippen molar-refractivity contribution in [2.24, 2.45) is 5.41 Å². The summed E-state index contributed by atoms with van der Waals surface area (Å²) in [4.78, 5) is 24.1. The molecule has 0 N–H and O–H groups in total. The molecule has 1 spiro atoms. The van der Waals surface area contributed by atoms with E-state index < -0.39 is 22.8 Å². The second-order valence-electron chi connectivity index (χ2n) is 6.09. The second kappa shape index (κ2) is 3.91. The Morgan fingerprint density at radius 2 is 2.00 bits per heavy atom. The lowest BCUT2D eigenvalue weighted by Gasteiger charge is -2.42. The largest absolute Gasteiger partial charge is 0.444 e. The number of nitrogens with zero attached hydrogens (tertiary/aromatic N) is 1. The summed E-state index contributed by atoms with van der Waals surface area (Å²) in [6.07, 6.45) is -0.296. The van der Waals surface area contributed by atoms with E-state index in [1.807, 2.05) is 0 Å². The number of amides is 1. The predicted octanol–water partition coefficient (Wildman–Crippen LogP) is 1.16. The summed E-state index contributed by atoms with van der Waals surface area (Å²) >= 11 is 0. The van der Waals surface area contributed by atoms with Crippen molar-refractivity contribution < 1.29 is 23.5 Å². The van der Waals surface area contributed by atoms with Gasteiger partial charge in [0.05, 0.1) is 25.2 Å². The zero-order chi connectivity index (χ0) is 13.6. The van der Waals surface area contributed by atoms with E-state index in [2.05, 4.69) is 0 Å². The summed E-state index contributed by atoms with van der Waals surface area (Å²) in [5.41, 5.74) is -3.54. The maximum atomic E-state index is 14.5. The van der Waals surface area contributed by atoms with E-state index in [0.717, 1.165) is 0 Å². The van der Waals surface area contributed by atoms with Gasteiger partial charge in [-0.2, -0.15) is 0 Å². The molecule has 102 valence electrons. The molecule has 6 heteroatoms. The van der Waals surface area contributed by atoms with Crippen LogP contribution in [0.15, 0.2) is 0 Å². The average molecular weight is 259 g/mol. The first-order valence-electron chi connectivity index (χ1n) is 5.92. The molecule has 0 aliphatic carbocycles. The van der Waals surface area contributed by atoms with E-state index in [-0.39, 0.29) is 26.3 Å². The third-order valence-electron chi connectivity index (χ3n) is 3.39. The van der Waals surface area contributed by atoms with Gasteiger partial charge in [-0.3, -0.25) is 4.79 Å². The summed E-state index contributed by atoms with van der Waals surface area (Å²) in [7, 11) is 0. The fourth-order valence-corrected chi connectivity index (χ4v) is 2.30. The van der Waals surface area contributed by atoms with Crippen molar-refractivity contribution in [2.45, 2.75) is 32.0 Å². The normalized spacial score (nSPS) is 30.1. The van der Waals surface area contributed by atoms with E-state index in [4.69, 9.17) is 9.47 Å². The fourth-order valence-electron chi connectivity index (χ4n) is 2.30. The summed E-state index contributed by atoms with van der Waals surface area (Å²) in [6, 6.07) is 0. The Morgan fingerprint density at radius 1 is 1.39 bits per heavy atom. The number of carbonyl (C=O) groups is 2. The van der Waals surface area contributed by atoms with Gasteiger partial charge in [0.2, 0.25) is 0 Å². The van der Waals surface area contributed by atoms with Crippen molar-refractivity contribution in [1.82, 2.24) is 4.90 Å². The van der Waals surface area contributed by atoms with Crippen LogP contribution in [0.25, 0.3) is 0 Å². The molecular formula is C12H18FNO4. The highest BCUT2D eigenvalue weighted by Crippen LogP contribution is 2.46. The number of alkyl halides is 1. The predicted molar refractivity (Wildman–Crippen MR) is 61.0 cm³/mol. The Balaban J connectivity index is 2.10. The number of hydrogen-bond donors (Lipinski definition) is 0. The summed E-state index contributed by atoms with van der Waals surface area (Å²) in [6.45, 7) is 5.47. The molecule has 1 atom stereocenters. The van der Waals surface area contributed by atoms with Gasteiger partial charge in [0.1, 0.15) is 5.60 Å². The number of hydrogen-bond acceptors (Lipinski definition) is 4. The highest BCUT2D eigenvalue weighted by atomic mass is 19.1.